The van der Waals surface area contributed by atoms with Crippen molar-refractivity contribution >= 4 is 27.5 Å². The molecule has 0 amide bonds. The fraction of sp³-hybridized carbons (Fsp3) is 0.667. The van der Waals surface area contributed by atoms with Gasteiger partial charge in [0.15, 0.2) is 0 Å². The molecule has 14 heavy (non-hydrogen) atoms. The third kappa shape index (κ3) is 18.1. The number of allylic oxidation sites excluding steroid dienone is 4. The van der Waals surface area contributed by atoms with Crippen LogP contribution in [0.1, 0.15) is 40.5 Å². The van der Waals surface area contributed by atoms with Crippen LogP contribution in [0.5, 0.6) is 0 Å². The van der Waals surface area contributed by atoms with Crippen LogP contribution in [0, 0.1) is 0 Å². The van der Waals surface area contributed by atoms with Gasteiger partial charge in [0.25, 0.3) is 0 Å². The van der Waals surface area contributed by atoms with E-state index in [9.17, 15) is 0 Å². The lowest BCUT2D eigenvalue weighted by Crippen LogP contribution is -1.85. The van der Waals surface area contributed by atoms with Crippen molar-refractivity contribution in [1.29, 1.82) is 0 Å². The van der Waals surface area contributed by atoms with Gasteiger partial charge in [-0.3, -0.25) is 0 Å². The second kappa shape index (κ2) is 13.2. The minimum atomic E-state index is 0.194. The predicted octanol–water partition coefficient (Wildman–Crippen LogP) is 5.32. The summed E-state index contributed by atoms with van der Waals surface area (Å²) in [6, 6.07) is 0. The summed E-state index contributed by atoms with van der Waals surface area (Å²) in [5.74, 6) is 0. The Hall–Kier alpha value is 0.250. The summed E-state index contributed by atoms with van der Waals surface area (Å²) in [7, 11) is 0. The van der Waals surface area contributed by atoms with Crippen molar-refractivity contribution in [2.45, 2.75) is 50.7 Å². The minimum Gasteiger partial charge on any atom is -0.119 e. The van der Waals surface area contributed by atoms with Gasteiger partial charge in [-0.15, -0.1) is 11.6 Å². The van der Waals surface area contributed by atoms with Crippen molar-refractivity contribution in [3.63, 3.8) is 0 Å². The average molecular weight is 282 g/mol. The van der Waals surface area contributed by atoms with Gasteiger partial charge in [-0.25, -0.2) is 0 Å². The van der Waals surface area contributed by atoms with Crippen molar-refractivity contribution in [3.05, 3.63) is 24.3 Å². The highest BCUT2D eigenvalue weighted by Gasteiger charge is 1.88. The standard InChI is InChI=1S/C6H11Br.C6H11Cl/c1-3-5-6(7)4-2;1-3-4-5-6(2)7/h3,5-6H,4H2,1-2H3;4-6H,3H2,1-2H3/b5-3+;5-4+. The van der Waals surface area contributed by atoms with E-state index in [1.54, 1.807) is 0 Å². The SMILES string of the molecule is C/C=C/C(Br)CC.CC/C=C/C(C)Cl. The van der Waals surface area contributed by atoms with E-state index in [1.165, 1.54) is 6.42 Å². The number of rotatable bonds is 4. The van der Waals surface area contributed by atoms with Gasteiger partial charge in [-0.2, -0.15) is 0 Å². The molecule has 0 aromatic carbocycles. The Balaban J connectivity index is 0. The maximum Gasteiger partial charge on any atom is 0.0487 e. The Morgan fingerprint density at radius 3 is 2.00 bits per heavy atom. The predicted molar refractivity (Wildman–Crippen MR) is 72.6 cm³/mol. The van der Waals surface area contributed by atoms with Crippen LogP contribution in [0.15, 0.2) is 24.3 Å². The maximum atomic E-state index is 5.57. The second-order valence-electron chi connectivity index (χ2n) is 2.96. The van der Waals surface area contributed by atoms with E-state index < -0.39 is 0 Å². The Morgan fingerprint density at radius 2 is 1.86 bits per heavy atom. The molecule has 0 saturated carbocycles. The van der Waals surface area contributed by atoms with Gasteiger partial charge in [0, 0.05) is 10.2 Å². The first-order valence-corrected chi connectivity index (χ1v) is 6.51. The lowest BCUT2D eigenvalue weighted by atomic mass is 10.3. The van der Waals surface area contributed by atoms with Gasteiger partial charge in [0.1, 0.15) is 0 Å². The van der Waals surface area contributed by atoms with Crippen molar-refractivity contribution in [2.75, 3.05) is 0 Å². The first-order chi connectivity index (χ1) is 6.58. The second-order valence-corrected chi connectivity index (χ2v) is 4.83. The van der Waals surface area contributed by atoms with E-state index in [0.717, 1.165) is 6.42 Å². The zero-order chi connectivity index (χ0) is 11.4. The van der Waals surface area contributed by atoms with Crippen LogP contribution >= 0.6 is 27.5 Å². The monoisotopic (exact) mass is 280 g/mol. The molecule has 0 saturated heterocycles. The molecule has 0 bridgehead atoms. The molecule has 0 N–H and O–H groups in total. The summed E-state index contributed by atoms with van der Waals surface area (Å²) in [6.45, 7) is 8.23. The molecule has 0 aromatic rings. The third-order valence-corrected chi connectivity index (χ3v) is 2.53. The molecular formula is C12H22BrCl. The quantitative estimate of drug-likeness (QED) is 0.483. The Morgan fingerprint density at radius 1 is 1.29 bits per heavy atom. The molecule has 2 atom stereocenters. The van der Waals surface area contributed by atoms with Crippen LogP contribution < -0.4 is 0 Å². The van der Waals surface area contributed by atoms with Crippen LogP contribution in [0.25, 0.3) is 0 Å². The first kappa shape index (κ1) is 16.7. The fourth-order valence-electron chi connectivity index (χ4n) is 0.669. The van der Waals surface area contributed by atoms with E-state index in [-0.39, 0.29) is 5.38 Å². The highest BCUT2D eigenvalue weighted by molar-refractivity contribution is 9.09. The summed E-state index contributed by atoms with van der Waals surface area (Å²) < 4.78 is 0. The molecule has 0 aliphatic heterocycles. The molecule has 0 nitrogen and oxygen atoms in total. The maximum absolute atomic E-state index is 5.57. The largest absolute Gasteiger partial charge is 0.119 e. The molecule has 0 rings (SSSR count). The summed E-state index contributed by atoms with van der Waals surface area (Å²) in [6.07, 6.45) is 10.5. The fourth-order valence-corrected chi connectivity index (χ4v) is 1.08. The minimum absolute atomic E-state index is 0.194. The molecule has 0 aliphatic rings. The van der Waals surface area contributed by atoms with Crippen molar-refractivity contribution < 1.29 is 0 Å². The molecular weight excluding hydrogens is 259 g/mol. The summed E-state index contributed by atoms with van der Waals surface area (Å²) >= 11 is 9.02. The van der Waals surface area contributed by atoms with Gasteiger partial charge in [-0.05, 0) is 26.7 Å². The van der Waals surface area contributed by atoms with Crippen LogP contribution in [0.4, 0.5) is 0 Å². The lowest BCUT2D eigenvalue weighted by molar-refractivity contribution is 0.990. The summed E-state index contributed by atoms with van der Waals surface area (Å²) in [4.78, 5) is 0.581. The Kier molecular flexibility index (Phi) is 15.8. The molecule has 0 spiro atoms. The van der Waals surface area contributed by atoms with Gasteiger partial charge in [0.05, 0.1) is 0 Å². The average Bonchev–Trinajstić information content (AvgIpc) is 2.16. The van der Waals surface area contributed by atoms with Gasteiger partial charge in [-0.1, -0.05) is 54.1 Å². The molecule has 0 aromatic heterocycles. The van der Waals surface area contributed by atoms with Gasteiger partial charge < -0.3 is 0 Å². The van der Waals surface area contributed by atoms with E-state index in [2.05, 4.69) is 48.0 Å². The van der Waals surface area contributed by atoms with E-state index in [0.29, 0.717) is 4.83 Å². The van der Waals surface area contributed by atoms with Crippen molar-refractivity contribution in [2.24, 2.45) is 0 Å². The highest BCUT2D eigenvalue weighted by Crippen LogP contribution is 2.04. The van der Waals surface area contributed by atoms with Crippen molar-refractivity contribution in [1.82, 2.24) is 0 Å². The van der Waals surface area contributed by atoms with Crippen LogP contribution in [0.3, 0.4) is 0 Å². The summed E-state index contributed by atoms with van der Waals surface area (Å²) in [5, 5.41) is 0.194. The van der Waals surface area contributed by atoms with Crippen LogP contribution in [-0.2, 0) is 0 Å². The van der Waals surface area contributed by atoms with Crippen LogP contribution in [-0.4, -0.2) is 10.2 Å². The zero-order valence-corrected chi connectivity index (χ0v) is 12.0. The molecule has 0 aliphatic carbocycles. The number of alkyl halides is 2. The lowest BCUT2D eigenvalue weighted by Gasteiger charge is -1.93. The zero-order valence-electron chi connectivity index (χ0n) is 9.63. The highest BCUT2D eigenvalue weighted by atomic mass is 79.9. The Bertz CT molecular complexity index is 150. The molecule has 0 radical (unpaired) electrons. The van der Waals surface area contributed by atoms with E-state index >= 15 is 0 Å². The number of hydrogen-bond donors (Lipinski definition) is 0. The summed E-state index contributed by atoms with van der Waals surface area (Å²) in [5.41, 5.74) is 0. The normalized spacial score (nSPS) is 15.3. The van der Waals surface area contributed by atoms with Crippen molar-refractivity contribution in [3.8, 4) is 0 Å². The number of halogens is 2. The van der Waals surface area contributed by atoms with Crippen LogP contribution in [0.2, 0.25) is 0 Å². The first-order valence-electron chi connectivity index (χ1n) is 5.16. The topological polar surface area (TPSA) is 0 Å². The molecule has 84 valence electrons. The van der Waals surface area contributed by atoms with Gasteiger partial charge in [0.2, 0.25) is 0 Å². The smallest absolute Gasteiger partial charge is 0.0487 e. The van der Waals surface area contributed by atoms with Gasteiger partial charge >= 0.3 is 0 Å². The molecule has 0 fully saturated rings. The van der Waals surface area contributed by atoms with E-state index in [4.69, 9.17) is 11.6 Å². The molecule has 2 heteroatoms. The number of hydrogen-bond acceptors (Lipinski definition) is 0. The third-order valence-electron chi connectivity index (χ3n) is 1.43. The Labute approximate surface area is 103 Å². The molecule has 0 heterocycles. The van der Waals surface area contributed by atoms with E-state index in [1.807, 2.05) is 19.9 Å². The molecule has 2 unspecified atom stereocenters.